The first-order chi connectivity index (χ1) is 6.81. The third-order valence-corrected chi connectivity index (χ3v) is 2.45. The highest BCUT2D eigenvalue weighted by molar-refractivity contribution is 5.65. The van der Waals surface area contributed by atoms with Crippen LogP contribution in [0.2, 0.25) is 0 Å². The monoisotopic (exact) mass is 188 g/mol. The molecule has 2 rings (SSSR count). The summed E-state index contributed by atoms with van der Waals surface area (Å²) in [5.41, 5.74) is 2.74. The standard InChI is InChI=1S/C11H10NO2/c1-13-10-5-7-3-4-8(7)9(6-12)11(10)14-2/h3,5H,4H2,1-2H3. The summed E-state index contributed by atoms with van der Waals surface area (Å²) in [6.07, 6.45) is 2.91. The molecule has 0 aromatic heterocycles. The van der Waals surface area contributed by atoms with Crippen molar-refractivity contribution in [2.75, 3.05) is 14.2 Å². The Morgan fingerprint density at radius 2 is 2.14 bits per heavy atom. The fourth-order valence-corrected chi connectivity index (χ4v) is 1.65. The molecule has 0 amide bonds. The Bertz CT molecular complexity index is 418. The molecule has 3 nitrogen and oxygen atoms in total. The summed E-state index contributed by atoms with van der Waals surface area (Å²) in [6.45, 7) is 0. The molecular weight excluding hydrogens is 178 g/mol. The summed E-state index contributed by atoms with van der Waals surface area (Å²) in [5.74, 6) is 1.17. The van der Waals surface area contributed by atoms with E-state index in [-0.39, 0.29) is 0 Å². The molecule has 14 heavy (non-hydrogen) atoms. The highest BCUT2D eigenvalue weighted by atomic mass is 16.5. The van der Waals surface area contributed by atoms with Gasteiger partial charge in [-0.1, -0.05) is 0 Å². The summed E-state index contributed by atoms with van der Waals surface area (Å²) in [5, 5.41) is 9.01. The third kappa shape index (κ3) is 1.04. The van der Waals surface area contributed by atoms with Crippen LogP contribution in [0.15, 0.2) is 6.07 Å². The van der Waals surface area contributed by atoms with Gasteiger partial charge in [-0.15, -0.1) is 0 Å². The minimum absolute atomic E-state index is 0.543. The van der Waals surface area contributed by atoms with Gasteiger partial charge in [0, 0.05) is 0 Å². The Labute approximate surface area is 82.9 Å². The molecule has 1 aromatic carbocycles. The number of hydrogen-bond acceptors (Lipinski definition) is 3. The fraction of sp³-hybridized carbons (Fsp3) is 0.273. The SMILES string of the molecule is COc1cc2c(c(C#N)c1OC)C[CH]2. The van der Waals surface area contributed by atoms with E-state index in [2.05, 4.69) is 12.5 Å². The first kappa shape index (κ1) is 8.89. The van der Waals surface area contributed by atoms with Crippen molar-refractivity contribution < 1.29 is 9.47 Å². The Morgan fingerprint density at radius 3 is 2.57 bits per heavy atom. The van der Waals surface area contributed by atoms with Crippen LogP contribution in [-0.2, 0) is 6.42 Å². The largest absolute Gasteiger partial charge is 0.493 e. The number of benzene rings is 1. The zero-order valence-corrected chi connectivity index (χ0v) is 8.13. The lowest BCUT2D eigenvalue weighted by molar-refractivity contribution is 0.353. The number of hydrogen-bond donors (Lipinski definition) is 0. The van der Waals surface area contributed by atoms with Crippen molar-refractivity contribution in [3.8, 4) is 17.6 Å². The average molecular weight is 188 g/mol. The summed E-state index contributed by atoms with van der Waals surface area (Å²) in [7, 11) is 3.12. The third-order valence-electron chi connectivity index (χ3n) is 2.45. The van der Waals surface area contributed by atoms with Crippen LogP contribution in [0.4, 0.5) is 0 Å². The first-order valence-electron chi connectivity index (χ1n) is 4.33. The number of fused-ring (bicyclic) bond motifs is 1. The van der Waals surface area contributed by atoms with Crippen molar-refractivity contribution >= 4 is 0 Å². The number of nitrogens with zero attached hydrogens (tertiary/aromatic N) is 1. The van der Waals surface area contributed by atoms with Gasteiger partial charge in [-0.2, -0.15) is 5.26 Å². The van der Waals surface area contributed by atoms with Gasteiger partial charge in [-0.3, -0.25) is 0 Å². The predicted molar refractivity (Wildman–Crippen MR) is 51.4 cm³/mol. The number of nitriles is 1. The second-order valence-corrected chi connectivity index (χ2v) is 3.07. The van der Waals surface area contributed by atoms with Crippen LogP contribution < -0.4 is 9.47 Å². The fourth-order valence-electron chi connectivity index (χ4n) is 1.65. The van der Waals surface area contributed by atoms with E-state index in [1.54, 1.807) is 14.2 Å². The van der Waals surface area contributed by atoms with E-state index in [0.717, 1.165) is 17.5 Å². The first-order valence-corrected chi connectivity index (χ1v) is 4.33. The van der Waals surface area contributed by atoms with Crippen LogP contribution in [-0.4, -0.2) is 14.2 Å². The molecule has 0 bridgehead atoms. The molecular formula is C11H10NO2. The molecule has 1 radical (unpaired) electrons. The summed E-state index contributed by atoms with van der Waals surface area (Å²) < 4.78 is 10.3. The van der Waals surface area contributed by atoms with E-state index in [1.165, 1.54) is 0 Å². The molecule has 0 heterocycles. The van der Waals surface area contributed by atoms with Gasteiger partial charge in [-0.25, -0.2) is 0 Å². The molecule has 71 valence electrons. The van der Waals surface area contributed by atoms with Crippen molar-refractivity contribution in [2.45, 2.75) is 6.42 Å². The topological polar surface area (TPSA) is 42.2 Å². The van der Waals surface area contributed by atoms with Gasteiger partial charge in [0.25, 0.3) is 0 Å². The molecule has 3 heteroatoms. The lowest BCUT2D eigenvalue weighted by Crippen LogP contribution is -2.10. The Hall–Kier alpha value is -1.69. The van der Waals surface area contributed by atoms with Crippen molar-refractivity contribution in [3.05, 3.63) is 29.2 Å². The van der Waals surface area contributed by atoms with Crippen molar-refractivity contribution in [1.82, 2.24) is 0 Å². The lowest BCUT2D eigenvalue weighted by atomic mass is 9.84. The van der Waals surface area contributed by atoms with E-state index in [1.807, 2.05) is 6.07 Å². The highest BCUT2D eigenvalue weighted by Crippen LogP contribution is 2.40. The van der Waals surface area contributed by atoms with Crippen molar-refractivity contribution in [1.29, 1.82) is 5.26 Å². The molecule has 0 fully saturated rings. The minimum atomic E-state index is 0.543. The quantitative estimate of drug-likeness (QED) is 0.709. The molecule has 0 atom stereocenters. The maximum absolute atomic E-state index is 9.01. The van der Waals surface area contributed by atoms with Crippen molar-refractivity contribution in [2.24, 2.45) is 0 Å². The molecule has 0 unspecified atom stereocenters. The summed E-state index contributed by atoms with van der Waals surface area (Å²) in [6, 6.07) is 4.06. The van der Waals surface area contributed by atoms with Gasteiger partial charge in [-0.05, 0) is 30.0 Å². The number of methoxy groups -OCH3 is 2. The molecule has 0 aliphatic heterocycles. The number of ether oxygens (including phenoxy) is 2. The molecule has 0 saturated carbocycles. The van der Waals surface area contributed by atoms with Gasteiger partial charge in [0.1, 0.15) is 11.6 Å². The van der Waals surface area contributed by atoms with Crippen LogP contribution in [0, 0.1) is 17.8 Å². The molecule has 0 N–H and O–H groups in total. The van der Waals surface area contributed by atoms with Gasteiger partial charge in [0.2, 0.25) is 0 Å². The van der Waals surface area contributed by atoms with Gasteiger partial charge in [0.15, 0.2) is 11.5 Å². The molecule has 1 aliphatic rings. The van der Waals surface area contributed by atoms with Crippen LogP contribution in [0.25, 0.3) is 0 Å². The maximum atomic E-state index is 9.01. The van der Waals surface area contributed by atoms with E-state index >= 15 is 0 Å². The maximum Gasteiger partial charge on any atom is 0.178 e. The second kappa shape index (κ2) is 3.22. The second-order valence-electron chi connectivity index (χ2n) is 3.07. The van der Waals surface area contributed by atoms with Crippen LogP contribution in [0.1, 0.15) is 16.7 Å². The van der Waals surface area contributed by atoms with E-state index in [0.29, 0.717) is 17.1 Å². The van der Waals surface area contributed by atoms with Crippen molar-refractivity contribution in [3.63, 3.8) is 0 Å². The van der Waals surface area contributed by atoms with Gasteiger partial charge in [0.05, 0.1) is 14.2 Å². The van der Waals surface area contributed by atoms with Crippen LogP contribution in [0.3, 0.4) is 0 Å². The Balaban J connectivity index is 2.66. The minimum Gasteiger partial charge on any atom is -0.493 e. The van der Waals surface area contributed by atoms with E-state index < -0.39 is 0 Å². The smallest absolute Gasteiger partial charge is 0.178 e. The normalized spacial score (nSPS) is 12.4. The van der Waals surface area contributed by atoms with Crippen LogP contribution >= 0.6 is 0 Å². The predicted octanol–water partition coefficient (Wildman–Crippen LogP) is 1.68. The van der Waals surface area contributed by atoms with Gasteiger partial charge < -0.3 is 9.47 Å². The Morgan fingerprint density at radius 1 is 1.36 bits per heavy atom. The molecule has 0 saturated heterocycles. The summed E-state index contributed by atoms with van der Waals surface area (Å²) in [4.78, 5) is 0. The average Bonchev–Trinajstić information content (AvgIpc) is 2.18. The van der Waals surface area contributed by atoms with E-state index in [9.17, 15) is 0 Å². The molecule has 1 aromatic rings. The summed E-state index contributed by atoms with van der Waals surface area (Å²) >= 11 is 0. The lowest BCUT2D eigenvalue weighted by Gasteiger charge is -2.22. The number of rotatable bonds is 2. The van der Waals surface area contributed by atoms with Crippen LogP contribution in [0.5, 0.6) is 11.5 Å². The molecule has 1 aliphatic carbocycles. The zero-order valence-electron chi connectivity index (χ0n) is 8.13. The van der Waals surface area contributed by atoms with E-state index in [4.69, 9.17) is 14.7 Å². The molecule has 0 spiro atoms. The zero-order chi connectivity index (χ0) is 10.1. The Kier molecular flexibility index (Phi) is 2.05. The van der Waals surface area contributed by atoms with Gasteiger partial charge >= 0.3 is 0 Å². The highest BCUT2D eigenvalue weighted by Gasteiger charge is 2.24.